The van der Waals surface area contributed by atoms with Gasteiger partial charge >= 0.3 is 0 Å². The molecule has 2 N–H and O–H groups in total. The SMILES string of the molecule is CC(C)(C)c1ccc(NC(=O)CNC(=O)CCc2ccccc2)cc1. The number of carbonyl (C=O) groups is 2. The highest BCUT2D eigenvalue weighted by Crippen LogP contribution is 2.23. The summed E-state index contributed by atoms with van der Waals surface area (Å²) in [7, 11) is 0. The number of amides is 2. The second-order valence-electron chi connectivity index (χ2n) is 7.14. The summed E-state index contributed by atoms with van der Waals surface area (Å²) in [6.45, 7) is 6.41. The van der Waals surface area contributed by atoms with E-state index in [0.717, 1.165) is 11.3 Å². The minimum atomic E-state index is -0.225. The second-order valence-corrected chi connectivity index (χ2v) is 7.14. The number of hydrogen-bond donors (Lipinski definition) is 2. The Morgan fingerprint density at radius 2 is 1.52 bits per heavy atom. The highest BCUT2D eigenvalue weighted by atomic mass is 16.2. The summed E-state index contributed by atoms with van der Waals surface area (Å²) in [5.41, 5.74) is 3.13. The maximum absolute atomic E-state index is 11.9. The summed E-state index contributed by atoms with van der Waals surface area (Å²) < 4.78 is 0. The van der Waals surface area contributed by atoms with E-state index in [0.29, 0.717) is 12.8 Å². The topological polar surface area (TPSA) is 58.2 Å². The van der Waals surface area contributed by atoms with Gasteiger partial charge in [0.15, 0.2) is 0 Å². The molecular formula is C21H26N2O2. The molecule has 0 atom stereocenters. The molecule has 2 rings (SSSR count). The van der Waals surface area contributed by atoms with Crippen molar-refractivity contribution in [1.82, 2.24) is 5.32 Å². The highest BCUT2D eigenvalue weighted by molar-refractivity contribution is 5.94. The first-order valence-corrected chi connectivity index (χ1v) is 8.55. The fourth-order valence-corrected chi connectivity index (χ4v) is 2.43. The van der Waals surface area contributed by atoms with Gasteiger partial charge in [-0.15, -0.1) is 0 Å². The molecule has 0 bridgehead atoms. The standard InChI is InChI=1S/C21H26N2O2/c1-21(2,3)17-10-12-18(13-11-17)23-20(25)15-22-19(24)14-9-16-7-5-4-6-8-16/h4-8,10-13H,9,14-15H2,1-3H3,(H,22,24)(H,23,25). The summed E-state index contributed by atoms with van der Waals surface area (Å²) in [5.74, 6) is -0.348. The van der Waals surface area contributed by atoms with Crippen LogP contribution in [0, 0.1) is 0 Å². The van der Waals surface area contributed by atoms with Crippen molar-refractivity contribution in [2.75, 3.05) is 11.9 Å². The van der Waals surface area contributed by atoms with Gasteiger partial charge < -0.3 is 10.6 Å². The number of anilines is 1. The zero-order valence-corrected chi connectivity index (χ0v) is 15.1. The molecule has 0 aliphatic heterocycles. The molecule has 0 saturated carbocycles. The van der Waals surface area contributed by atoms with E-state index < -0.39 is 0 Å². The number of hydrogen-bond acceptors (Lipinski definition) is 2. The van der Waals surface area contributed by atoms with Gasteiger partial charge in [-0.25, -0.2) is 0 Å². The predicted molar refractivity (Wildman–Crippen MR) is 102 cm³/mol. The Hall–Kier alpha value is -2.62. The van der Waals surface area contributed by atoms with Crippen molar-refractivity contribution >= 4 is 17.5 Å². The lowest BCUT2D eigenvalue weighted by molar-refractivity contribution is -0.124. The predicted octanol–water partition coefficient (Wildman–Crippen LogP) is 3.67. The van der Waals surface area contributed by atoms with E-state index in [9.17, 15) is 9.59 Å². The van der Waals surface area contributed by atoms with Gasteiger partial charge in [0.2, 0.25) is 11.8 Å². The lowest BCUT2D eigenvalue weighted by Crippen LogP contribution is -2.32. The van der Waals surface area contributed by atoms with Crippen LogP contribution in [0.25, 0.3) is 0 Å². The van der Waals surface area contributed by atoms with Crippen molar-refractivity contribution in [3.05, 3.63) is 65.7 Å². The fourth-order valence-electron chi connectivity index (χ4n) is 2.43. The molecule has 0 unspecified atom stereocenters. The van der Waals surface area contributed by atoms with Crippen molar-refractivity contribution < 1.29 is 9.59 Å². The molecule has 2 aromatic rings. The van der Waals surface area contributed by atoms with Gasteiger partial charge in [-0.1, -0.05) is 63.2 Å². The first-order valence-electron chi connectivity index (χ1n) is 8.55. The number of carbonyl (C=O) groups excluding carboxylic acids is 2. The van der Waals surface area contributed by atoms with E-state index in [1.54, 1.807) is 0 Å². The molecule has 4 nitrogen and oxygen atoms in total. The average Bonchev–Trinajstić information content (AvgIpc) is 2.59. The van der Waals surface area contributed by atoms with E-state index in [2.05, 4.69) is 31.4 Å². The van der Waals surface area contributed by atoms with Crippen LogP contribution in [0.4, 0.5) is 5.69 Å². The Bertz CT molecular complexity index is 701. The molecule has 0 aromatic heterocycles. The molecule has 0 spiro atoms. The third kappa shape index (κ3) is 6.42. The van der Waals surface area contributed by atoms with Crippen LogP contribution in [0.3, 0.4) is 0 Å². The van der Waals surface area contributed by atoms with Crippen LogP contribution >= 0.6 is 0 Å². The van der Waals surface area contributed by atoms with Crippen LogP contribution in [-0.2, 0) is 21.4 Å². The minimum absolute atomic E-state index is 0.0192. The second kappa shape index (κ2) is 8.47. The molecule has 0 aliphatic carbocycles. The molecule has 0 saturated heterocycles. The van der Waals surface area contributed by atoms with Crippen molar-refractivity contribution in [3.63, 3.8) is 0 Å². The van der Waals surface area contributed by atoms with Gasteiger partial charge in [0.05, 0.1) is 6.54 Å². The first-order chi connectivity index (χ1) is 11.8. The van der Waals surface area contributed by atoms with Gasteiger partial charge in [0.1, 0.15) is 0 Å². The summed E-state index contributed by atoms with van der Waals surface area (Å²) in [5, 5.41) is 5.45. The Kier molecular flexibility index (Phi) is 6.34. The Morgan fingerprint density at radius 3 is 2.12 bits per heavy atom. The van der Waals surface area contributed by atoms with Crippen LogP contribution in [0.15, 0.2) is 54.6 Å². The number of nitrogens with one attached hydrogen (secondary N) is 2. The van der Waals surface area contributed by atoms with E-state index in [-0.39, 0.29) is 23.8 Å². The molecule has 2 aromatic carbocycles. The van der Waals surface area contributed by atoms with Gasteiger partial charge in [-0.2, -0.15) is 0 Å². The molecular weight excluding hydrogens is 312 g/mol. The van der Waals surface area contributed by atoms with Crippen LogP contribution in [0.1, 0.15) is 38.3 Å². The average molecular weight is 338 g/mol. The molecule has 4 heteroatoms. The number of aryl methyl sites for hydroxylation is 1. The van der Waals surface area contributed by atoms with Crippen molar-refractivity contribution in [1.29, 1.82) is 0 Å². The molecule has 0 aliphatic rings. The van der Waals surface area contributed by atoms with Crippen molar-refractivity contribution in [3.8, 4) is 0 Å². The van der Waals surface area contributed by atoms with E-state index in [1.165, 1.54) is 5.56 Å². The van der Waals surface area contributed by atoms with E-state index in [1.807, 2.05) is 54.6 Å². The highest BCUT2D eigenvalue weighted by Gasteiger charge is 2.13. The molecule has 25 heavy (non-hydrogen) atoms. The summed E-state index contributed by atoms with van der Waals surface area (Å²) >= 11 is 0. The quantitative estimate of drug-likeness (QED) is 0.844. The van der Waals surface area contributed by atoms with Gasteiger partial charge in [0, 0.05) is 12.1 Å². The van der Waals surface area contributed by atoms with Crippen molar-refractivity contribution in [2.24, 2.45) is 0 Å². The third-order valence-corrected chi connectivity index (χ3v) is 3.96. The molecule has 0 fully saturated rings. The summed E-state index contributed by atoms with van der Waals surface area (Å²) in [4.78, 5) is 23.8. The maximum atomic E-state index is 11.9. The minimum Gasteiger partial charge on any atom is -0.347 e. The van der Waals surface area contributed by atoms with Gasteiger partial charge in [0.25, 0.3) is 0 Å². The zero-order valence-electron chi connectivity index (χ0n) is 15.1. The van der Waals surface area contributed by atoms with E-state index >= 15 is 0 Å². The summed E-state index contributed by atoms with van der Waals surface area (Å²) in [6, 6.07) is 17.6. The van der Waals surface area contributed by atoms with Crippen molar-refractivity contribution in [2.45, 2.75) is 39.0 Å². The van der Waals surface area contributed by atoms with Crippen LogP contribution in [0.5, 0.6) is 0 Å². The molecule has 2 amide bonds. The number of benzene rings is 2. The zero-order chi connectivity index (χ0) is 18.3. The Balaban J connectivity index is 1.74. The molecule has 0 heterocycles. The van der Waals surface area contributed by atoms with Gasteiger partial charge in [-0.05, 0) is 35.1 Å². The Morgan fingerprint density at radius 1 is 0.880 bits per heavy atom. The largest absolute Gasteiger partial charge is 0.347 e. The monoisotopic (exact) mass is 338 g/mol. The molecule has 132 valence electrons. The number of rotatable bonds is 6. The lowest BCUT2D eigenvalue weighted by Gasteiger charge is -2.19. The third-order valence-electron chi connectivity index (χ3n) is 3.96. The van der Waals surface area contributed by atoms with Crippen LogP contribution in [-0.4, -0.2) is 18.4 Å². The summed E-state index contributed by atoms with van der Waals surface area (Å²) in [6.07, 6.45) is 1.04. The van der Waals surface area contributed by atoms with Gasteiger partial charge in [-0.3, -0.25) is 9.59 Å². The fraction of sp³-hybridized carbons (Fsp3) is 0.333. The maximum Gasteiger partial charge on any atom is 0.243 e. The lowest BCUT2D eigenvalue weighted by atomic mass is 9.87. The normalized spacial score (nSPS) is 11.0. The Labute approximate surface area is 149 Å². The van der Waals surface area contributed by atoms with E-state index in [4.69, 9.17) is 0 Å². The van der Waals surface area contributed by atoms with Crippen LogP contribution in [0.2, 0.25) is 0 Å². The van der Waals surface area contributed by atoms with Crippen LogP contribution < -0.4 is 10.6 Å². The smallest absolute Gasteiger partial charge is 0.243 e. The molecule has 0 radical (unpaired) electrons. The first kappa shape index (κ1) is 18.7.